The summed E-state index contributed by atoms with van der Waals surface area (Å²) in [6, 6.07) is 11.4. The van der Waals surface area contributed by atoms with Crippen molar-refractivity contribution in [1.82, 2.24) is 0 Å². The van der Waals surface area contributed by atoms with Gasteiger partial charge in [0.15, 0.2) is 0 Å². The summed E-state index contributed by atoms with van der Waals surface area (Å²) in [6.07, 6.45) is 0.738. The van der Waals surface area contributed by atoms with E-state index in [4.69, 9.17) is 9.47 Å². The molecule has 0 fully saturated rings. The molecule has 0 aliphatic heterocycles. The average molecular weight is 390 g/mol. The molecule has 0 spiro atoms. The van der Waals surface area contributed by atoms with E-state index in [1.807, 2.05) is 0 Å². The van der Waals surface area contributed by atoms with Gasteiger partial charge < -0.3 is 9.47 Å². The second kappa shape index (κ2) is 9.44. The summed E-state index contributed by atoms with van der Waals surface area (Å²) in [6.45, 7) is 4.91. The van der Waals surface area contributed by atoms with Gasteiger partial charge in [0.1, 0.15) is 11.6 Å². The minimum absolute atomic E-state index is 0.0757. The predicted octanol–water partition coefficient (Wildman–Crippen LogP) is 4.91. The molecule has 2 aromatic rings. The van der Waals surface area contributed by atoms with Crippen molar-refractivity contribution in [2.75, 3.05) is 0 Å². The number of esters is 2. The van der Waals surface area contributed by atoms with Crippen LogP contribution in [0.1, 0.15) is 50.7 Å². The number of hydrogen-bond acceptors (Lipinski definition) is 4. The molecule has 150 valence electrons. The number of aryl methyl sites for hydroxylation is 1. The van der Waals surface area contributed by atoms with Crippen LogP contribution in [0.15, 0.2) is 48.5 Å². The number of benzene rings is 2. The lowest BCUT2D eigenvalue weighted by Gasteiger charge is -2.29. The summed E-state index contributed by atoms with van der Waals surface area (Å²) in [5, 5.41) is 0. The van der Waals surface area contributed by atoms with Gasteiger partial charge in [0.05, 0.1) is 5.92 Å². The molecule has 0 amide bonds. The van der Waals surface area contributed by atoms with E-state index in [2.05, 4.69) is 0 Å². The van der Waals surface area contributed by atoms with Gasteiger partial charge in [-0.05, 0) is 48.7 Å². The molecule has 28 heavy (non-hydrogen) atoms. The molecule has 0 saturated carbocycles. The van der Waals surface area contributed by atoms with Gasteiger partial charge in [-0.15, -0.1) is 0 Å². The molecule has 0 radical (unpaired) electrons. The normalized spacial score (nSPS) is 14.0. The van der Waals surface area contributed by atoms with Gasteiger partial charge in [0.25, 0.3) is 5.79 Å². The maximum absolute atomic E-state index is 13.0. The van der Waals surface area contributed by atoms with Gasteiger partial charge in [0.2, 0.25) is 0 Å². The van der Waals surface area contributed by atoms with Crippen molar-refractivity contribution >= 4 is 11.9 Å². The lowest BCUT2D eigenvalue weighted by Crippen LogP contribution is -2.37. The Labute approximate surface area is 163 Å². The highest BCUT2D eigenvalue weighted by atomic mass is 19.1. The van der Waals surface area contributed by atoms with Crippen LogP contribution in [0.5, 0.6) is 0 Å². The third kappa shape index (κ3) is 6.15. The zero-order valence-electron chi connectivity index (χ0n) is 16.2. The van der Waals surface area contributed by atoms with Crippen LogP contribution in [0, 0.1) is 11.6 Å². The standard InChI is InChI=1S/C22H24F2O4/c1-4-22(3,27-20(25)14-7-16-5-10-18(23)11-6-16)28-21(26)15(2)17-8-12-19(24)13-9-17/h5-6,8-13,15H,4,7,14H2,1-3H3. The highest BCUT2D eigenvalue weighted by Gasteiger charge is 2.33. The molecule has 0 aliphatic rings. The second-order valence-corrected chi connectivity index (χ2v) is 6.78. The van der Waals surface area contributed by atoms with Crippen LogP contribution in [-0.2, 0) is 25.5 Å². The minimum Gasteiger partial charge on any atom is -0.423 e. The van der Waals surface area contributed by atoms with E-state index < -0.39 is 29.5 Å². The van der Waals surface area contributed by atoms with Gasteiger partial charge in [-0.2, -0.15) is 0 Å². The van der Waals surface area contributed by atoms with E-state index >= 15 is 0 Å². The molecule has 6 heteroatoms. The highest BCUT2D eigenvalue weighted by molar-refractivity contribution is 5.78. The molecule has 0 aromatic heterocycles. The number of hydrogen-bond donors (Lipinski definition) is 0. The molecular formula is C22H24F2O4. The quantitative estimate of drug-likeness (QED) is 0.475. The summed E-state index contributed by atoms with van der Waals surface area (Å²) in [4.78, 5) is 24.6. The van der Waals surface area contributed by atoms with Crippen molar-refractivity contribution in [1.29, 1.82) is 0 Å². The van der Waals surface area contributed by atoms with Crippen molar-refractivity contribution in [2.24, 2.45) is 0 Å². The van der Waals surface area contributed by atoms with E-state index in [1.54, 1.807) is 26.0 Å². The second-order valence-electron chi connectivity index (χ2n) is 6.78. The zero-order valence-corrected chi connectivity index (χ0v) is 16.2. The van der Waals surface area contributed by atoms with Crippen LogP contribution in [0.3, 0.4) is 0 Å². The summed E-state index contributed by atoms with van der Waals surface area (Å²) in [5.41, 5.74) is 1.41. The summed E-state index contributed by atoms with van der Waals surface area (Å²) < 4.78 is 36.8. The topological polar surface area (TPSA) is 52.6 Å². The van der Waals surface area contributed by atoms with Crippen molar-refractivity contribution < 1.29 is 27.8 Å². The summed E-state index contributed by atoms with van der Waals surface area (Å²) in [7, 11) is 0. The lowest BCUT2D eigenvalue weighted by atomic mass is 10.0. The molecule has 2 aromatic carbocycles. The molecule has 0 N–H and O–H groups in total. The molecule has 4 nitrogen and oxygen atoms in total. The minimum atomic E-state index is -1.40. The predicted molar refractivity (Wildman–Crippen MR) is 100 cm³/mol. The van der Waals surface area contributed by atoms with Crippen molar-refractivity contribution in [3.63, 3.8) is 0 Å². The van der Waals surface area contributed by atoms with Gasteiger partial charge in [-0.1, -0.05) is 31.2 Å². The molecule has 2 atom stereocenters. The maximum atomic E-state index is 13.0. The Morgan fingerprint density at radius 2 is 1.50 bits per heavy atom. The third-order valence-corrected chi connectivity index (χ3v) is 4.54. The fraction of sp³-hybridized carbons (Fsp3) is 0.364. The number of rotatable bonds is 8. The van der Waals surface area contributed by atoms with E-state index in [1.165, 1.54) is 43.3 Å². The molecule has 2 unspecified atom stereocenters. The Morgan fingerprint density at radius 3 is 2.04 bits per heavy atom. The van der Waals surface area contributed by atoms with E-state index in [0.29, 0.717) is 12.0 Å². The van der Waals surface area contributed by atoms with Crippen LogP contribution < -0.4 is 0 Å². The van der Waals surface area contributed by atoms with Crippen LogP contribution in [0.25, 0.3) is 0 Å². The SMILES string of the molecule is CCC(C)(OC(=O)CCc1ccc(F)cc1)OC(=O)C(C)c1ccc(F)cc1. The van der Waals surface area contributed by atoms with Gasteiger partial charge in [0, 0.05) is 19.8 Å². The molecule has 0 heterocycles. The van der Waals surface area contributed by atoms with Gasteiger partial charge in [-0.3, -0.25) is 9.59 Å². The molecule has 2 rings (SSSR count). The number of carbonyl (C=O) groups excluding carboxylic acids is 2. The van der Waals surface area contributed by atoms with Gasteiger partial charge >= 0.3 is 11.9 Å². The fourth-order valence-corrected chi connectivity index (χ4v) is 2.54. The maximum Gasteiger partial charge on any atom is 0.316 e. The van der Waals surface area contributed by atoms with Crippen molar-refractivity contribution in [3.8, 4) is 0 Å². The first-order valence-corrected chi connectivity index (χ1v) is 9.17. The number of halogens is 2. The van der Waals surface area contributed by atoms with Crippen molar-refractivity contribution in [3.05, 3.63) is 71.3 Å². The first kappa shape index (κ1) is 21.5. The molecule has 0 bridgehead atoms. The summed E-state index contributed by atoms with van der Waals surface area (Å²) in [5.74, 6) is -3.85. The Morgan fingerprint density at radius 1 is 0.964 bits per heavy atom. The first-order valence-electron chi connectivity index (χ1n) is 9.17. The van der Waals surface area contributed by atoms with Crippen LogP contribution >= 0.6 is 0 Å². The molecule has 0 aliphatic carbocycles. The van der Waals surface area contributed by atoms with Crippen LogP contribution in [0.2, 0.25) is 0 Å². The summed E-state index contributed by atoms with van der Waals surface area (Å²) >= 11 is 0. The lowest BCUT2D eigenvalue weighted by molar-refractivity contribution is -0.224. The first-order chi connectivity index (χ1) is 13.2. The average Bonchev–Trinajstić information content (AvgIpc) is 2.67. The Hall–Kier alpha value is -2.76. The zero-order chi connectivity index (χ0) is 20.7. The van der Waals surface area contributed by atoms with Crippen LogP contribution in [0.4, 0.5) is 8.78 Å². The van der Waals surface area contributed by atoms with E-state index in [0.717, 1.165) is 5.56 Å². The number of ether oxygens (including phenoxy) is 2. The Bertz CT molecular complexity index is 802. The fourth-order valence-electron chi connectivity index (χ4n) is 2.54. The highest BCUT2D eigenvalue weighted by Crippen LogP contribution is 2.24. The third-order valence-electron chi connectivity index (χ3n) is 4.54. The largest absolute Gasteiger partial charge is 0.423 e. The van der Waals surface area contributed by atoms with Crippen LogP contribution in [-0.4, -0.2) is 17.7 Å². The smallest absolute Gasteiger partial charge is 0.316 e. The number of carbonyl (C=O) groups is 2. The monoisotopic (exact) mass is 390 g/mol. The Kier molecular flexibility index (Phi) is 7.26. The van der Waals surface area contributed by atoms with E-state index in [-0.39, 0.29) is 18.7 Å². The molecular weight excluding hydrogens is 366 g/mol. The molecule has 0 saturated heterocycles. The van der Waals surface area contributed by atoms with Crippen molar-refractivity contribution in [2.45, 2.75) is 51.7 Å². The Balaban J connectivity index is 1.93. The van der Waals surface area contributed by atoms with Gasteiger partial charge in [-0.25, -0.2) is 8.78 Å². The van der Waals surface area contributed by atoms with E-state index in [9.17, 15) is 18.4 Å².